The highest BCUT2D eigenvalue weighted by Crippen LogP contribution is 2.10. The van der Waals surface area contributed by atoms with Crippen molar-refractivity contribution in [1.82, 2.24) is 29.1 Å². The second kappa shape index (κ2) is 6.87. The molecule has 0 bridgehead atoms. The van der Waals surface area contributed by atoms with Gasteiger partial charge in [0.15, 0.2) is 5.65 Å². The number of hydrogen-bond donors (Lipinski definition) is 0. The van der Waals surface area contributed by atoms with E-state index in [9.17, 15) is 9.59 Å². The van der Waals surface area contributed by atoms with Crippen LogP contribution in [0.3, 0.4) is 0 Å². The minimum Gasteiger partial charge on any atom is -0.459 e. The summed E-state index contributed by atoms with van der Waals surface area (Å²) < 4.78 is 9.73. The summed E-state index contributed by atoms with van der Waals surface area (Å²) in [6.07, 6.45) is 6.31. The van der Waals surface area contributed by atoms with Crippen LogP contribution in [0.1, 0.15) is 5.56 Å². The van der Waals surface area contributed by atoms with Gasteiger partial charge in [0.1, 0.15) is 24.9 Å². The normalized spacial score (nSPS) is 11.0. The van der Waals surface area contributed by atoms with Crippen LogP contribution >= 0.6 is 0 Å². The maximum Gasteiger partial charge on any atom is 0.326 e. The number of esters is 1. The van der Waals surface area contributed by atoms with Crippen molar-refractivity contribution < 1.29 is 9.53 Å². The van der Waals surface area contributed by atoms with Gasteiger partial charge >= 0.3 is 5.97 Å². The third-order valence-corrected chi connectivity index (χ3v) is 4.12. The van der Waals surface area contributed by atoms with Gasteiger partial charge in [-0.3, -0.25) is 18.8 Å². The highest BCUT2D eigenvalue weighted by Gasteiger charge is 2.11. The van der Waals surface area contributed by atoms with E-state index in [1.54, 1.807) is 17.9 Å². The number of aromatic nitrogens is 6. The lowest BCUT2D eigenvalue weighted by atomic mass is 10.2. The first kappa shape index (κ1) is 16.7. The molecule has 0 aliphatic heterocycles. The van der Waals surface area contributed by atoms with Crippen LogP contribution in [0, 0.1) is 0 Å². The number of ether oxygens (including phenoxy) is 1. The zero-order valence-corrected chi connectivity index (χ0v) is 14.5. The lowest BCUT2D eigenvalue weighted by molar-refractivity contribution is -0.145. The fraction of sp³-hybridized carbons (Fsp3) is 0.167. The van der Waals surface area contributed by atoms with Gasteiger partial charge in [0, 0.05) is 19.4 Å². The molecule has 0 saturated carbocycles. The molecule has 3 heterocycles. The molecular formula is C18H16N6O3. The van der Waals surface area contributed by atoms with Crippen LogP contribution < -0.4 is 5.56 Å². The molecule has 0 unspecified atom stereocenters. The minimum absolute atomic E-state index is 0.121. The summed E-state index contributed by atoms with van der Waals surface area (Å²) >= 11 is 0. The van der Waals surface area contributed by atoms with Gasteiger partial charge in [-0.15, -0.1) is 0 Å². The van der Waals surface area contributed by atoms with Crippen LogP contribution in [0.15, 0.2) is 60.0 Å². The molecule has 27 heavy (non-hydrogen) atoms. The van der Waals surface area contributed by atoms with Crippen LogP contribution in [-0.2, 0) is 29.7 Å². The van der Waals surface area contributed by atoms with Gasteiger partial charge in [0.25, 0.3) is 5.56 Å². The second-order valence-electron chi connectivity index (χ2n) is 5.96. The fourth-order valence-electron chi connectivity index (χ4n) is 2.69. The van der Waals surface area contributed by atoms with Crippen LogP contribution in [0.4, 0.5) is 0 Å². The molecule has 3 aromatic heterocycles. The number of benzene rings is 1. The maximum absolute atomic E-state index is 12.4. The minimum atomic E-state index is -0.515. The number of carbonyl (C=O) groups is 1. The SMILES string of the molecule is Cn1ncc2c(=O)n(CC(=O)OCc3ccc(-n4cccn4)cc3)cnc21. The van der Waals surface area contributed by atoms with Gasteiger partial charge in [0.2, 0.25) is 0 Å². The van der Waals surface area contributed by atoms with Crippen LogP contribution in [0.5, 0.6) is 0 Å². The Kier molecular flexibility index (Phi) is 4.25. The highest BCUT2D eigenvalue weighted by molar-refractivity contribution is 5.74. The number of hydrogen-bond acceptors (Lipinski definition) is 6. The van der Waals surface area contributed by atoms with Gasteiger partial charge in [-0.2, -0.15) is 10.2 Å². The van der Waals surface area contributed by atoms with Gasteiger partial charge in [-0.1, -0.05) is 12.1 Å². The zero-order valence-electron chi connectivity index (χ0n) is 14.5. The van der Waals surface area contributed by atoms with E-state index >= 15 is 0 Å². The Morgan fingerprint density at radius 1 is 1.19 bits per heavy atom. The third-order valence-electron chi connectivity index (χ3n) is 4.12. The first-order valence-corrected chi connectivity index (χ1v) is 8.23. The van der Waals surface area contributed by atoms with Crippen molar-refractivity contribution >= 4 is 17.0 Å². The average molecular weight is 364 g/mol. The summed E-state index contributed by atoms with van der Waals surface area (Å²) in [5, 5.41) is 8.52. The Bertz CT molecular complexity index is 1140. The Hall–Kier alpha value is -3.75. The van der Waals surface area contributed by atoms with Crippen molar-refractivity contribution in [1.29, 1.82) is 0 Å². The summed E-state index contributed by atoms with van der Waals surface area (Å²) in [6, 6.07) is 9.34. The van der Waals surface area contributed by atoms with Gasteiger partial charge in [-0.05, 0) is 23.8 Å². The molecule has 0 fully saturated rings. The van der Waals surface area contributed by atoms with Crippen molar-refractivity contribution in [3.8, 4) is 5.69 Å². The maximum atomic E-state index is 12.4. The van der Waals surface area contributed by atoms with Crippen molar-refractivity contribution in [3.63, 3.8) is 0 Å². The van der Waals surface area contributed by atoms with E-state index in [2.05, 4.69) is 15.2 Å². The molecule has 0 saturated heterocycles. The Labute approximate surface area is 153 Å². The molecule has 136 valence electrons. The monoisotopic (exact) mass is 364 g/mol. The largest absolute Gasteiger partial charge is 0.459 e. The third kappa shape index (κ3) is 3.34. The van der Waals surface area contributed by atoms with E-state index in [-0.39, 0.29) is 18.7 Å². The van der Waals surface area contributed by atoms with E-state index in [4.69, 9.17) is 4.74 Å². The molecule has 9 heteroatoms. The van der Waals surface area contributed by atoms with Gasteiger partial charge in [-0.25, -0.2) is 9.67 Å². The molecule has 0 radical (unpaired) electrons. The number of rotatable bonds is 5. The van der Waals surface area contributed by atoms with Crippen LogP contribution in [-0.4, -0.2) is 35.1 Å². The predicted octanol–water partition coefficient (Wildman–Crippen LogP) is 1.06. The summed E-state index contributed by atoms with van der Waals surface area (Å²) in [7, 11) is 1.70. The number of aryl methyl sites for hydroxylation is 1. The second-order valence-corrected chi connectivity index (χ2v) is 5.96. The molecule has 0 spiro atoms. The number of fused-ring (bicyclic) bond motifs is 1. The van der Waals surface area contributed by atoms with E-state index in [1.807, 2.05) is 36.5 Å². The van der Waals surface area contributed by atoms with E-state index in [1.165, 1.54) is 21.8 Å². The predicted molar refractivity (Wildman–Crippen MR) is 96.1 cm³/mol. The zero-order chi connectivity index (χ0) is 18.8. The lowest BCUT2D eigenvalue weighted by Crippen LogP contribution is -2.25. The molecule has 0 amide bonds. The molecule has 9 nitrogen and oxygen atoms in total. The molecular weight excluding hydrogens is 348 g/mol. The Morgan fingerprint density at radius 3 is 2.74 bits per heavy atom. The highest BCUT2D eigenvalue weighted by atomic mass is 16.5. The molecule has 4 aromatic rings. The van der Waals surface area contributed by atoms with E-state index in [0.717, 1.165) is 11.3 Å². The molecule has 0 aliphatic carbocycles. The first-order chi connectivity index (χ1) is 13.1. The quantitative estimate of drug-likeness (QED) is 0.491. The van der Waals surface area contributed by atoms with Crippen molar-refractivity contribution in [2.75, 3.05) is 0 Å². The fourth-order valence-corrected chi connectivity index (χ4v) is 2.69. The first-order valence-electron chi connectivity index (χ1n) is 8.23. The molecule has 0 N–H and O–H groups in total. The van der Waals surface area contributed by atoms with Crippen molar-refractivity contribution in [3.05, 3.63) is 71.2 Å². The molecule has 1 aromatic carbocycles. The van der Waals surface area contributed by atoms with E-state index < -0.39 is 5.97 Å². The summed E-state index contributed by atoms with van der Waals surface area (Å²) in [6.45, 7) is -0.0857. The Balaban J connectivity index is 1.40. The Morgan fingerprint density at radius 2 is 2.00 bits per heavy atom. The smallest absolute Gasteiger partial charge is 0.326 e. The summed E-state index contributed by atoms with van der Waals surface area (Å²) in [5.41, 5.74) is 1.90. The van der Waals surface area contributed by atoms with E-state index in [0.29, 0.717) is 11.0 Å². The summed E-state index contributed by atoms with van der Waals surface area (Å²) in [4.78, 5) is 28.6. The van der Waals surface area contributed by atoms with Gasteiger partial charge < -0.3 is 4.74 Å². The van der Waals surface area contributed by atoms with Crippen LogP contribution in [0.2, 0.25) is 0 Å². The number of nitrogens with zero attached hydrogens (tertiary/aromatic N) is 6. The average Bonchev–Trinajstić information content (AvgIpc) is 3.33. The lowest BCUT2D eigenvalue weighted by Gasteiger charge is -2.08. The van der Waals surface area contributed by atoms with Gasteiger partial charge in [0.05, 0.1) is 11.9 Å². The topological polar surface area (TPSA) is 96.8 Å². The molecule has 0 atom stereocenters. The van der Waals surface area contributed by atoms with Crippen molar-refractivity contribution in [2.24, 2.45) is 7.05 Å². The molecule has 0 aliphatic rings. The standard InChI is InChI=1S/C18H16N6O3/c1-22-17-15(9-21-22)18(26)23(12-19-17)10-16(25)27-11-13-3-5-14(6-4-13)24-8-2-7-20-24/h2-9,12H,10-11H2,1H3. The number of carbonyl (C=O) groups excluding carboxylic acids is 1. The summed E-state index contributed by atoms with van der Waals surface area (Å²) in [5.74, 6) is -0.515. The van der Waals surface area contributed by atoms with Crippen LogP contribution in [0.25, 0.3) is 16.7 Å². The molecule has 4 rings (SSSR count). The van der Waals surface area contributed by atoms with Crippen molar-refractivity contribution in [2.45, 2.75) is 13.2 Å².